The first kappa shape index (κ1) is 14.6. The monoisotopic (exact) mass is 272 g/mol. The molecule has 1 aliphatic rings. The zero-order valence-corrected chi connectivity index (χ0v) is 11.0. The van der Waals surface area contributed by atoms with Gasteiger partial charge in [0.05, 0.1) is 0 Å². The normalized spacial score (nSPS) is 13.7. The summed E-state index contributed by atoms with van der Waals surface area (Å²) in [6.07, 6.45) is 0.760. The van der Waals surface area contributed by atoms with Gasteiger partial charge in [-0.2, -0.15) is 0 Å². The number of hydrogen-bond acceptors (Lipinski definition) is 4. The van der Waals surface area contributed by atoms with Gasteiger partial charge in [-0.1, -0.05) is 0 Å². The molecule has 1 amide bonds. The molecule has 0 spiro atoms. The van der Waals surface area contributed by atoms with Crippen LogP contribution >= 0.6 is 12.4 Å². The molecule has 0 bridgehead atoms. The van der Waals surface area contributed by atoms with Crippen LogP contribution in [0, 0.1) is 0 Å². The van der Waals surface area contributed by atoms with Gasteiger partial charge in [0.2, 0.25) is 6.79 Å². The van der Waals surface area contributed by atoms with Crippen molar-refractivity contribution in [3.63, 3.8) is 0 Å². The molecule has 1 aromatic carbocycles. The van der Waals surface area contributed by atoms with Crippen LogP contribution in [0.15, 0.2) is 18.2 Å². The van der Waals surface area contributed by atoms with Crippen molar-refractivity contribution in [3.8, 4) is 11.5 Å². The van der Waals surface area contributed by atoms with E-state index in [-0.39, 0.29) is 31.1 Å². The van der Waals surface area contributed by atoms with E-state index in [1.54, 1.807) is 18.2 Å². The third-order valence-electron chi connectivity index (χ3n) is 2.52. The van der Waals surface area contributed by atoms with Crippen molar-refractivity contribution in [2.45, 2.75) is 19.4 Å². The number of nitrogens with one attached hydrogen (secondary N) is 1. The minimum Gasteiger partial charge on any atom is -0.454 e. The van der Waals surface area contributed by atoms with Crippen molar-refractivity contribution in [2.75, 3.05) is 13.3 Å². The molecule has 1 atom stereocenters. The van der Waals surface area contributed by atoms with E-state index in [4.69, 9.17) is 15.2 Å². The first-order valence-corrected chi connectivity index (χ1v) is 5.60. The number of amides is 1. The second-order valence-corrected chi connectivity index (χ2v) is 4.09. The predicted octanol–water partition coefficient (Wildman–Crippen LogP) is 1.30. The molecule has 18 heavy (non-hydrogen) atoms. The zero-order valence-electron chi connectivity index (χ0n) is 10.1. The molecule has 0 aromatic heterocycles. The lowest BCUT2D eigenvalue weighted by molar-refractivity contribution is 0.0952. The SMILES string of the molecule is CC(N)CCNC(=O)c1ccc2c(c1)OCO2.Cl. The minimum atomic E-state index is -0.121. The summed E-state index contributed by atoms with van der Waals surface area (Å²) < 4.78 is 10.4. The van der Waals surface area contributed by atoms with Crippen LogP contribution in [-0.2, 0) is 0 Å². The molecule has 0 saturated heterocycles. The summed E-state index contributed by atoms with van der Waals surface area (Å²) in [5, 5.41) is 2.81. The minimum absolute atomic E-state index is 0. The van der Waals surface area contributed by atoms with E-state index < -0.39 is 0 Å². The van der Waals surface area contributed by atoms with Gasteiger partial charge in [-0.05, 0) is 31.5 Å². The van der Waals surface area contributed by atoms with Gasteiger partial charge >= 0.3 is 0 Å². The number of carbonyl (C=O) groups is 1. The predicted molar refractivity (Wildman–Crippen MR) is 70.4 cm³/mol. The van der Waals surface area contributed by atoms with Crippen LogP contribution in [0.3, 0.4) is 0 Å². The second-order valence-electron chi connectivity index (χ2n) is 4.09. The molecule has 1 aliphatic heterocycles. The van der Waals surface area contributed by atoms with Crippen LogP contribution < -0.4 is 20.5 Å². The first-order chi connectivity index (χ1) is 8.16. The van der Waals surface area contributed by atoms with Gasteiger partial charge in [0.25, 0.3) is 5.91 Å². The molecule has 1 unspecified atom stereocenters. The lowest BCUT2D eigenvalue weighted by Crippen LogP contribution is -2.28. The van der Waals surface area contributed by atoms with Gasteiger partial charge in [0.15, 0.2) is 11.5 Å². The average molecular weight is 273 g/mol. The van der Waals surface area contributed by atoms with E-state index in [2.05, 4.69) is 5.32 Å². The number of ether oxygens (including phenoxy) is 2. The molecule has 1 heterocycles. The highest BCUT2D eigenvalue weighted by molar-refractivity contribution is 5.94. The number of hydrogen-bond donors (Lipinski definition) is 2. The molecule has 0 fully saturated rings. The molecule has 0 saturated carbocycles. The van der Waals surface area contributed by atoms with Crippen LogP contribution in [0.25, 0.3) is 0 Å². The van der Waals surface area contributed by atoms with Gasteiger partial charge in [0.1, 0.15) is 0 Å². The molecular formula is C12H17ClN2O3. The summed E-state index contributed by atoms with van der Waals surface area (Å²) in [5.41, 5.74) is 6.17. The second kappa shape index (κ2) is 6.47. The van der Waals surface area contributed by atoms with E-state index in [9.17, 15) is 4.79 Å². The Kier molecular flexibility index (Phi) is 5.25. The highest BCUT2D eigenvalue weighted by Gasteiger charge is 2.15. The molecule has 6 heteroatoms. The Hall–Kier alpha value is -1.46. The van der Waals surface area contributed by atoms with E-state index in [1.807, 2.05) is 6.92 Å². The van der Waals surface area contributed by atoms with Crippen molar-refractivity contribution in [1.29, 1.82) is 0 Å². The average Bonchev–Trinajstić information content (AvgIpc) is 2.75. The Labute approximate surface area is 112 Å². The molecule has 2 rings (SSSR count). The zero-order chi connectivity index (χ0) is 12.3. The number of halogens is 1. The molecule has 1 aromatic rings. The number of carbonyl (C=O) groups excluding carboxylic acids is 1. The fraction of sp³-hybridized carbons (Fsp3) is 0.417. The fourth-order valence-electron chi connectivity index (χ4n) is 1.55. The van der Waals surface area contributed by atoms with E-state index in [0.717, 1.165) is 6.42 Å². The lowest BCUT2D eigenvalue weighted by atomic mass is 10.2. The standard InChI is InChI=1S/C12H16N2O3.ClH/c1-8(13)4-5-14-12(15)9-2-3-10-11(6-9)17-7-16-10;/h2-3,6,8H,4-5,7,13H2,1H3,(H,14,15);1H. The Morgan fingerprint density at radius 1 is 1.44 bits per heavy atom. The molecule has 3 N–H and O–H groups in total. The van der Waals surface area contributed by atoms with Crippen LogP contribution in [0.1, 0.15) is 23.7 Å². The van der Waals surface area contributed by atoms with Crippen molar-refractivity contribution in [1.82, 2.24) is 5.32 Å². The summed E-state index contributed by atoms with van der Waals surface area (Å²) >= 11 is 0. The van der Waals surface area contributed by atoms with Gasteiger partial charge < -0.3 is 20.5 Å². The maximum Gasteiger partial charge on any atom is 0.251 e. The van der Waals surface area contributed by atoms with Crippen molar-refractivity contribution >= 4 is 18.3 Å². The first-order valence-electron chi connectivity index (χ1n) is 5.60. The molecule has 0 radical (unpaired) electrons. The van der Waals surface area contributed by atoms with Gasteiger partial charge in [0, 0.05) is 18.2 Å². The number of rotatable bonds is 4. The van der Waals surface area contributed by atoms with Gasteiger partial charge in [-0.15, -0.1) is 12.4 Å². The quantitative estimate of drug-likeness (QED) is 0.867. The number of fused-ring (bicyclic) bond motifs is 1. The molecular weight excluding hydrogens is 256 g/mol. The number of benzene rings is 1. The van der Waals surface area contributed by atoms with E-state index in [1.165, 1.54) is 0 Å². The summed E-state index contributed by atoms with van der Waals surface area (Å²) in [4.78, 5) is 11.8. The fourth-order valence-corrected chi connectivity index (χ4v) is 1.55. The maximum atomic E-state index is 11.8. The third-order valence-corrected chi connectivity index (χ3v) is 2.52. The third kappa shape index (κ3) is 3.51. The largest absolute Gasteiger partial charge is 0.454 e. The van der Waals surface area contributed by atoms with Crippen LogP contribution in [0.4, 0.5) is 0 Å². The topological polar surface area (TPSA) is 73.6 Å². The Morgan fingerprint density at radius 3 is 2.89 bits per heavy atom. The highest BCUT2D eigenvalue weighted by atomic mass is 35.5. The van der Waals surface area contributed by atoms with Crippen LogP contribution in [-0.4, -0.2) is 25.3 Å². The van der Waals surface area contributed by atoms with E-state index in [0.29, 0.717) is 23.6 Å². The molecule has 5 nitrogen and oxygen atoms in total. The summed E-state index contributed by atoms with van der Waals surface area (Å²) in [7, 11) is 0. The van der Waals surface area contributed by atoms with Crippen molar-refractivity contribution in [3.05, 3.63) is 23.8 Å². The Morgan fingerprint density at radius 2 is 2.17 bits per heavy atom. The van der Waals surface area contributed by atoms with Gasteiger partial charge in [-0.25, -0.2) is 0 Å². The summed E-state index contributed by atoms with van der Waals surface area (Å²) in [6, 6.07) is 5.23. The van der Waals surface area contributed by atoms with Gasteiger partial charge in [-0.3, -0.25) is 4.79 Å². The summed E-state index contributed by atoms with van der Waals surface area (Å²) in [6.45, 7) is 2.70. The van der Waals surface area contributed by atoms with Crippen molar-refractivity contribution in [2.24, 2.45) is 5.73 Å². The molecule has 0 aliphatic carbocycles. The number of nitrogens with two attached hydrogens (primary N) is 1. The highest BCUT2D eigenvalue weighted by Crippen LogP contribution is 2.32. The maximum absolute atomic E-state index is 11.8. The Balaban J connectivity index is 0.00000162. The van der Waals surface area contributed by atoms with Crippen LogP contribution in [0.2, 0.25) is 0 Å². The van der Waals surface area contributed by atoms with Crippen molar-refractivity contribution < 1.29 is 14.3 Å². The Bertz CT molecular complexity index is 424. The van der Waals surface area contributed by atoms with Crippen LogP contribution in [0.5, 0.6) is 11.5 Å². The lowest BCUT2D eigenvalue weighted by Gasteiger charge is -2.07. The smallest absolute Gasteiger partial charge is 0.251 e. The summed E-state index contributed by atoms with van der Waals surface area (Å²) in [5.74, 6) is 1.17. The molecule has 100 valence electrons. The van der Waals surface area contributed by atoms with E-state index >= 15 is 0 Å².